The van der Waals surface area contributed by atoms with Gasteiger partial charge < -0.3 is 15.1 Å². The number of H-pyrrole nitrogens is 2. The summed E-state index contributed by atoms with van der Waals surface area (Å²) in [5, 5.41) is 11.1. The van der Waals surface area contributed by atoms with Crippen LogP contribution in [0.15, 0.2) is 71.9 Å². The van der Waals surface area contributed by atoms with Gasteiger partial charge >= 0.3 is 0 Å². The summed E-state index contributed by atoms with van der Waals surface area (Å²) in [6.07, 6.45) is 3.39. The van der Waals surface area contributed by atoms with Gasteiger partial charge in [-0.3, -0.25) is 0 Å². The third kappa shape index (κ3) is 2.73. The van der Waals surface area contributed by atoms with Gasteiger partial charge in [0.25, 0.3) is 0 Å². The summed E-state index contributed by atoms with van der Waals surface area (Å²) in [7, 11) is 0. The van der Waals surface area contributed by atoms with E-state index in [9.17, 15) is 5.11 Å². The summed E-state index contributed by atoms with van der Waals surface area (Å²) in [4.78, 5) is 19.3. The molecule has 0 spiro atoms. The molecule has 0 saturated carbocycles. The number of hydrogen-bond donors (Lipinski definition) is 3. The number of benzene rings is 2. The molecule has 3 N–H and O–H groups in total. The molecule has 0 fully saturated rings. The topological polar surface area (TPSA) is 89.9 Å². The number of nitrogens with zero attached hydrogens (tertiary/aromatic N) is 3. The normalized spacial score (nSPS) is 11.7. The van der Waals surface area contributed by atoms with Crippen LogP contribution in [0.1, 0.15) is 5.56 Å². The third-order valence-corrected chi connectivity index (χ3v) is 4.47. The number of para-hydroxylation sites is 2. The molecule has 3 aromatic heterocycles. The van der Waals surface area contributed by atoms with Gasteiger partial charge in [0, 0.05) is 23.4 Å². The van der Waals surface area contributed by atoms with Crippen molar-refractivity contribution in [2.24, 2.45) is 4.99 Å². The summed E-state index contributed by atoms with van der Waals surface area (Å²) in [5.74, 6) is 0.514. The van der Waals surface area contributed by atoms with Crippen LogP contribution in [-0.4, -0.2) is 31.3 Å². The number of rotatable bonds is 3. The van der Waals surface area contributed by atoms with Crippen molar-refractivity contribution in [2.75, 3.05) is 0 Å². The van der Waals surface area contributed by atoms with E-state index < -0.39 is 0 Å². The van der Waals surface area contributed by atoms with E-state index in [1.807, 2.05) is 60.7 Å². The first-order valence-electron chi connectivity index (χ1n) is 8.53. The summed E-state index contributed by atoms with van der Waals surface area (Å²) < 4.78 is 0. The highest BCUT2D eigenvalue weighted by Gasteiger charge is 2.12. The highest BCUT2D eigenvalue weighted by molar-refractivity contribution is 6.02. The number of hydrogen-bond acceptors (Lipinski definition) is 4. The molecule has 0 bridgehead atoms. The number of imidazole rings is 1. The van der Waals surface area contributed by atoms with Crippen molar-refractivity contribution >= 4 is 34.2 Å². The Morgan fingerprint density at radius 1 is 0.926 bits per heavy atom. The summed E-state index contributed by atoms with van der Waals surface area (Å²) in [6.45, 7) is 0. The Kier molecular flexibility index (Phi) is 3.47. The fourth-order valence-electron chi connectivity index (χ4n) is 3.12. The minimum Gasteiger partial charge on any atom is -0.494 e. The third-order valence-electron chi connectivity index (χ3n) is 4.47. The Balaban J connectivity index is 1.58. The van der Waals surface area contributed by atoms with Crippen LogP contribution < -0.4 is 0 Å². The van der Waals surface area contributed by atoms with E-state index >= 15 is 0 Å². The van der Waals surface area contributed by atoms with Crippen LogP contribution in [0.2, 0.25) is 0 Å². The predicted octanol–water partition coefficient (Wildman–Crippen LogP) is 4.56. The second-order valence-corrected chi connectivity index (χ2v) is 6.21. The van der Waals surface area contributed by atoms with Gasteiger partial charge in [-0.1, -0.05) is 42.5 Å². The number of fused-ring (bicyclic) bond motifs is 2. The molecule has 0 aliphatic carbocycles. The minimum atomic E-state index is 0.0302. The van der Waals surface area contributed by atoms with Crippen molar-refractivity contribution in [1.29, 1.82) is 0 Å². The van der Waals surface area contributed by atoms with E-state index in [-0.39, 0.29) is 5.88 Å². The van der Waals surface area contributed by atoms with Crippen molar-refractivity contribution in [3.8, 4) is 17.0 Å². The molecule has 0 aliphatic heterocycles. The number of nitrogens with one attached hydrogen (secondary N) is 2. The zero-order valence-corrected chi connectivity index (χ0v) is 14.2. The molecule has 5 aromatic rings. The highest BCUT2D eigenvalue weighted by atomic mass is 16.3. The lowest BCUT2D eigenvalue weighted by atomic mass is 10.1. The Hall–Kier alpha value is -3.93. The Bertz CT molecular complexity index is 1250. The van der Waals surface area contributed by atoms with Crippen molar-refractivity contribution in [3.63, 3.8) is 0 Å². The smallest absolute Gasteiger partial charge is 0.227 e. The number of pyridine rings is 1. The summed E-state index contributed by atoms with van der Waals surface area (Å²) in [5.41, 5.74) is 4.99. The number of aromatic nitrogens is 4. The molecular weight excluding hydrogens is 338 g/mol. The van der Waals surface area contributed by atoms with E-state index in [1.54, 1.807) is 12.4 Å². The monoisotopic (exact) mass is 353 g/mol. The Labute approximate surface area is 154 Å². The average molecular weight is 353 g/mol. The maximum absolute atomic E-state index is 10.3. The molecule has 0 aliphatic rings. The lowest BCUT2D eigenvalue weighted by Crippen LogP contribution is -1.84. The molecule has 130 valence electrons. The fraction of sp³-hybridized carbons (Fsp3) is 0. The molecular formula is C21H15N5O. The average Bonchev–Trinajstić information content (AvgIpc) is 3.26. The van der Waals surface area contributed by atoms with E-state index in [4.69, 9.17) is 0 Å². The van der Waals surface area contributed by atoms with Gasteiger partial charge in [-0.15, -0.1) is 0 Å². The second-order valence-electron chi connectivity index (χ2n) is 6.21. The molecule has 0 atom stereocenters. The predicted molar refractivity (Wildman–Crippen MR) is 107 cm³/mol. The van der Waals surface area contributed by atoms with Crippen LogP contribution in [0, 0.1) is 0 Å². The minimum absolute atomic E-state index is 0.0302. The van der Waals surface area contributed by atoms with Gasteiger partial charge in [0.05, 0.1) is 16.6 Å². The molecule has 6 nitrogen and oxygen atoms in total. The zero-order valence-electron chi connectivity index (χ0n) is 14.2. The molecule has 3 heterocycles. The van der Waals surface area contributed by atoms with Crippen LogP contribution in [-0.2, 0) is 0 Å². The molecule has 0 amide bonds. The Morgan fingerprint density at radius 3 is 2.59 bits per heavy atom. The maximum atomic E-state index is 10.3. The highest BCUT2D eigenvalue weighted by Crippen LogP contribution is 2.29. The van der Waals surface area contributed by atoms with Crippen LogP contribution in [0.5, 0.6) is 5.88 Å². The molecule has 0 saturated heterocycles. The Morgan fingerprint density at radius 2 is 1.74 bits per heavy atom. The number of aliphatic imine (C=N–C) groups is 1. The maximum Gasteiger partial charge on any atom is 0.227 e. The van der Waals surface area contributed by atoms with Crippen molar-refractivity contribution in [3.05, 3.63) is 72.4 Å². The molecule has 0 unspecified atom stereocenters. The molecule has 0 radical (unpaired) electrons. The van der Waals surface area contributed by atoms with E-state index in [2.05, 4.69) is 24.9 Å². The standard InChI is InChI=1S/C21H15N5O/c27-20-16(12-23-21-24-17-8-4-5-9-18(17)25-21)15-10-14(11-22-19(15)26-20)13-6-2-1-3-7-13/h1-12,27H,(H,22,26)(H,24,25). The number of aromatic amines is 2. The van der Waals surface area contributed by atoms with E-state index in [0.717, 1.165) is 27.5 Å². The molecule has 2 aromatic carbocycles. The van der Waals surface area contributed by atoms with Crippen LogP contribution in [0.25, 0.3) is 33.2 Å². The fourth-order valence-corrected chi connectivity index (χ4v) is 3.12. The molecule has 27 heavy (non-hydrogen) atoms. The van der Waals surface area contributed by atoms with Gasteiger partial charge in [0.15, 0.2) is 5.88 Å². The zero-order chi connectivity index (χ0) is 18.2. The van der Waals surface area contributed by atoms with Gasteiger partial charge in [-0.2, -0.15) is 0 Å². The van der Waals surface area contributed by atoms with Crippen LogP contribution in [0.4, 0.5) is 5.95 Å². The van der Waals surface area contributed by atoms with E-state index in [1.165, 1.54) is 0 Å². The van der Waals surface area contributed by atoms with Gasteiger partial charge in [-0.25, -0.2) is 15.0 Å². The SMILES string of the molecule is Oc1[nH]c2ncc(-c3ccccc3)cc2c1C=Nc1nc2ccccc2[nH]1. The first-order chi connectivity index (χ1) is 13.3. The second kappa shape index (κ2) is 6.10. The summed E-state index contributed by atoms with van der Waals surface area (Å²) in [6, 6.07) is 19.7. The molecule has 5 rings (SSSR count). The number of aromatic hydroxyl groups is 1. The first-order valence-corrected chi connectivity index (χ1v) is 8.53. The van der Waals surface area contributed by atoms with Crippen molar-refractivity contribution in [1.82, 2.24) is 19.9 Å². The van der Waals surface area contributed by atoms with Crippen LogP contribution >= 0.6 is 0 Å². The van der Waals surface area contributed by atoms with Crippen molar-refractivity contribution in [2.45, 2.75) is 0 Å². The van der Waals surface area contributed by atoms with Gasteiger partial charge in [-0.05, 0) is 23.8 Å². The van der Waals surface area contributed by atoms with E-state index in [0.29, 0.717) is 17.2 Å². The van der Waals surface area contributed by atoms with Gasteiger partial charge in [0.2, 0.25) is 5.95 Å². The lowest BCUT2D eigenvalue weighted by molar-refractivity contribution is 0.457. The van der Waals surface area contributed by atoms with Crippen molar-refractivity contribution < 1.29 is 5.11 Å². The largest absolute Gasteiger partial charge is 0.494 e. The molecule has 6 heteroatoms. The first kappa shape index (κ1) is 15.3. The quantitative estimate of drug-likeness (QED) is 0.415. The van der Waals surface area contributed by atoms with Crippen LogP contribution in [0.3, 0.4) is 0 Å². The summed E-state index contributed by atoms with van der Waals surface area (Å²) >= 11 is 0. The van der Waals surface area contributed by atoms with Gasteiger partial charge in [0.1, 0.15) is 5.65 Å². The lowest BCUT2D eigenvalue weighted by Gasteiger charge is -2.01.